The minimum atomic E-state index is 0.529. The summed E-state index contributed by atoms with van der Waals surface area (Å²) in [6.45, 7) is 9.97. The van der Waals surface area contributed by atoms with Crippen LogP contribution in [0.25, 0.3) is 0 Å². The van der Waals surface area contributed by atoms with E-state index >= 15 is 0 Å². The van der Waals surface area contributed by atoms with Crippen molar-refractivity contribution in [3.63, 3.8) is 0 Å². The summed E-state index contributed by atoms with van der Waals surface area (Å²) in [4.78, 5) is 0. The molecule has 2 aliphatic rings. The quantitative estimate of drug-likeness (QED) is 0.477. The number of fused-ring (bicyclic) bond motifs is 2. The third-order valence-electron chi connectivity index (χ3n) is 5.42. The molecule has 0 aromatic rings. The van der Waals surface area contributed by atoms with Crippen LogP contribution < -0.4 is 0 Å². The molecular weight excluding hydrogens is 203 g/mol. The van der Waals surface area contributed by atoms with E-state index in [1.54, 1.807) is 0 Å². The van der Waals surface area contributed by atoms with Crippen LogP contribution in [-0.2, 0) is 0 Å². The van der Waals surface area contributed by atoms with Crippen LogP contribution >= 0.6 is 0 Å². The Hall–Kier alpha value is 0.0649. The average molecular weight is 233 g/mol. The Bertz CT molecular complexity index is 271. The van der Waals surface area contributed by atoms with E-state index < -0.39 is 0 Å². The van der Waals surface area contributed by atoms with Gasteiger partial charge in [-0.3, -0.25) is 0 Å². The number of rotatable bonds is 0. The van der Waals surface area contributed by atoms with Gasteiger partial charge in [-0.1, -0.05) is 83.3 Å². The molecule has 2 rings (SSSR count). The third-order valence-corrected chi connectivity index (χ3v) is 5.42. The topological polar surface area (TPSA) is 0 Å². The monoisotopic (exact) mass is 233 g/mol. The molecule has 2 aliphatic heterocycles. The molecular formula is C16H30B. The van der Waals surface area contributed by atoms with Gasteiger partial charge in [-0.25, -0.2) is 0 Å². The van der Waals surface area contributed by atoms with Gasteiger partial charge >= 0.3 is 0 Å². The maximum absolute atomic E-state index is 2.75. The fourth-order valence-electron chi connectivity index (χ4n) is 4.16. The van der Waals surface area contributed by atoms with E-state index in [0.717, 1.165) is 0 Å². The Morgan fingerprint density at radius 1 is 0.588 bits per heavy atom. The molecule has 2 atom stereocenters. The molecule has 0 amide bonds. The minimum Gasteiger partial charge on any atom is -0.0669 e. The predicted molar refractivity (Wildman–Crippen MR) is 77.8 cm³/mol. The van der Waals surface area contributed by atoms with Gasteiger partial charge < -0.3 is 0 Å². The Kier molecular flexibility index (Phi) is 3.67. The lowest BCUT2D eigenvalue weighted by Gasteiger charge is -2.46. The smallest absolute Gasteiger partial charge is 0.0669 e. The van der Waals surface area contributed by atoms with Gasteiger partial charge in [-0.15, -0.1) is 0 Å². The second kappa shape index (κ2) is 4.63. The molecule has 0 aromatic carbocycles. The second-order valence-electron chi connectivity index (χ2n) is 8.18. The molecule has 0 nitrogen and oxygen atoms in total. The number of hydrogen-bond acceptors (Lipinski definition) is 0. The molecule has 2 bridgehead atoms. The lowest BCUT2D eigenvalue weighted by atomic mass is 9.33. The summed E-state index contributed by atoms with van der Waals surface area (Å²) in [5.41, 5.74) is 0.571. The first-order valence-corrected chi connectivity index (χ1v) is 7.70. The Morgan fingerprint density at radius 3 is 1.82 bits per heavy atom. The first kappa shape index (κ1) is 13.5. The van der Waals surface area contributed by atoms with Crippen molar-refractivity contribution in [3.05, 3.63) is 0 Å². The largest absolute Gasteiger partial charge is 0.125 e. The molecule has 2 unspecified atom stereocenters. The highest BCUT2D eigenvalue weighted by Crippen LogP contribution is 2.55. The van der Waals surface area contributed by atoms with Crippen molar-refractivity contribution in [1.29, 1.82) is 0 Å². The van der Waals surface area contributed by atoms with Crippen LogP contribution in [0.5, 0.6) is 0 Å². The molecule has 0 aliphatic carbocycles. The van der Waals surface area contributed by atoms with Crippen LogP contribution in [0.3, 0.4) is 0 Å². The molecule has 2 heterocycles. The second-order valence-corrected chi connectivity index (χ2v) is 8.18. The summed E-state index contributed by atoms with van der Waals surface area (Å²) in [7, 11) is 2.75. The first-order chi connectivity index (χ1) is 7.83. The van der Waals surface area contributed by atoms with E-state index in [1.165, 1.54) is 57.8 Å². The fraction of sp³-hybridized carbons (Fsp3) is 1.00. The van der Waals surface area contributed by atoms with Crippen molar-refractivity contribution >= 4 is 7.28 Å². The molecule has 0 N–H and O–H groups in total. The van der Waals surface area contributed by atoms with E-state index in [1.807, 2.05) is 0 Å². The van der Waals surface area contributed by atoms with Crippen LogP contribution in [0.4, 0.5) is 0 Å². The van der Waals surface area contributed by atoms with Crippen LogP contribution in [0.15, 0.2) is 0 Å². The Morgan fingerprint density at radius 2 is 1.12 bits per heavy atom. The van der Waals surface area contributed by atoms with Gasteiger partial charge in [-0.05, 0) is 18.3 Å². The fourth-order valence-corrected chi connectivity index (χ4v) is 4.16. The predicted octanol–water partition coefficient (Wildman–Crippen LogP) is 5.61. The van der Waals surface area contributed by atoms with Crippen molar-refractivity contribution in [2.45, 2.75) is 96.1 Å². The summed E-state index contributed by atoms with van der Waals surface area (Å²) >= 11 is 0. The molecule has 97 valence electrons. The first-order valence-electron chi connectivity index (χ1n) is 7.70. The molecule has 2 fully saturated rings. The molecule has 0 saturated carbocycles. The van der Waals surface area contributed by atoms with Gasteiger partial charge in [0.1, 0.15) is 7.28 Å². The van der Waals surface area contributed by atoms with Crippen LogP contribution in [-0.4, -0.2) is 7.28 Å². The summed E-state index contributed by atoms with van der Waals surface area (Å²) < 4.78 is 0. The van der Waals surface area contributed by atoms with Gasteiger partial charge in [0.2, 0.25) is 0 Å². The summed E-state index contributed by atoms with van der Waals surface area (Å²) in [6, 6.07) is 0. The van der Waals surface area contributed by atoms with Gasteiger partial charge in [0.15, 0.2) is 0 Å². The number of hydrogen-bond donors (Lipinski definition) is 0. The van der Waals surface area contributed by atoms with Gasteiger partial charge in [0.05, 0.1) is 0 Å². The molecule has 0 spiro atoms. The highest BCUT2D eigenvalue weighted by atomic mass is 14.4. The standard InChI is InChI=1S/C16H30B/c1-14(2)8-5-6-9-15(3)10-7-11-16(4,17-15)13-12-14/h5-13H2,1-4H3. The lowest BCUT2D eigenvalue weighted by molar-refractivity contribution is 0.242. The highest BCUT2D eigenvalue weighted by Gasteiger charge is 2.41. The Balaban J connectivity index is 2.10. The van der Waals surface area contributed by atoms with E-state index in [2.05, 4.69) is 35.0 Å². The van der Waals surface area contributed by atoms with Crippen molar-refractivity contribution in [3.8, 4) is 0 Å². The molecule has 0 aromatic heterocycles. The third kappa shape index (κ3) is 3.52. The average Bonchev–Trinajstić information content (AvgIpc) is 2.21. The molecule has 2 saturated heterocycles. The molecule has 1 radical (unpaired) electrons. The van der Waals surface area contributed by atoms with Crippen LogP contribution in [0, 0.1) is 5.41 Å². The van der Waals surface area contributed by atoms with E-state index in [-0.39, 0.29) is 0 Å². The van der Waals surface area contributed by atoms with Crippen LogP contribution in [0.2, 0.25) is 10.6 Å². The zero-order valence-corrected chi connectivity index (χ0v) is 12.4. The summed E-state index contributed by atoms with van der Waals surface area (Å²) in [5, 5.41) is 1.08. The Labute approximate surface area is 109 Å². The van der Waals surface area contributed by atoms with Gasteiger partial charge in [-0.2, -0.15) is 0 Å². The molecule has 1 heteroatoms. The minimum absolute atomic E-state index is 0.529. The van der Waals surface area contributed by atoms with E-state index in [9.17, 15) is 0 Å². The normalized spacial score (nSPS) is 42.6. The zero-order valence-electron chi connectivity index (χ0n) is 12.4. The van der Waals surface area contributed by atoms with Crippen molar-refractivity contribution in [2.24, 2.45) is 5.41 Å². The van der Waals surface area contributed by atoms with Crippen molar-refractivity contribution < 1.29 is 0 Å². The lowest BCUT2D eigenvalue weighted by Crippen LogP contribution is -2.34. The van der Waals surface area contributed by atoms with Gasteiger partial charge in [0.25, 0.3) is 0 Å². The SMILES string of the molecule is CC1(C)CCCCC2(C)[B]C(C)(CCC2)CC1. The van der Waals surface area contributed by atoms with E-state index in [4.69, 9.17) is 0 Å². The maximum Gasteiger partial charge on any atom is 0.125 e. The summed E-state index contributed by atoms with van der Waals surface area (Å²) in [5.74, 6) is 0. The van der Waals surface area contributed by atoms with E-state index in [0.29, 0.717) is 16.0 Å². The van der Waals surface area contributed by atoms with Crippen molar-refractivity contribution in [2.75, 3.05) is 0 Å². The highest BCUT2D eigenvalue weighted by molar-refractivity contribution is 6.44. The summed E-state index contributed by atoms with van der Waals surface area (Å²) in [6.07, 6.45) is 12.9. The van der Waals surface area contributed by atoms with Gasteiger partial charge in [0, 0.05) is 0 Å². The zero-order chi connectivity index (χ0) is 12.6. The van der Waals surface area contributed by atoms with Crippen LogP contribution in [0.1, 0.15) is 85.5 Å². The van der Waals surface area contributed by atoms with Crippen molar-refractivity contribution in [1.82, 2.24) is 0 Å². The maximum atomic E-state index is 2.75. The molecule has 17 heavy (non-hydrogen) atoms.